The van der Waals surface area contributed by atoms with Crippen molar-refractivity contribution in [1.29, 1.82) is 0 Å². The molecule has 0 amide bonds. The fourth-order valence-corrected chi connectivity index (χ4v) is 3.16. The maximum Gasteiger partial charge on any atom is 0.166 e. The molecule has 1 heterocycles. The quantitative estimate of drug-likeness (QED) is 0.859. The van der Waals surface area contributed by atoms with Gasteiger partial charge in [0.05, 0.1) is 0 Å². The van der Waals surface area contributed by atoms with Gasteiger partial charge in [0, 0.05) is 11.5 Å². The molecule has 2 fully saturated rings. The Bertz CT molecular complexity index is 433. The molecule has 0 spiro atoms. The number of hydrogen-bond acceptors (Lipinski definition) is 2. The van der Waals surface area contributed by atoms with Crippen LogP contribution in [0.2, 0.25) is 0 Å². The summed E-state index contributed by atoms with van der Waals surface area (Å²) < 4.78 is 0. The Kier molecular flexibility index (Phi) is 5.62. The van der Waals surface area contributed by atoms with Crippen LogP contribution in [0.25, 0.3) is 0 Å². The highest BCUT2D eigenvalue weighted by Crippen LogP contribution is 2.30. The number of halogens is 1. The van der Waals surface area contributed by atoms with Crippen LogP contribution in [0, 0.1) is 11.8 Å². The Morgan fingerprint density at radius 2 is 1.70 bits per heavy atom. The lowest BCUT2D eigenvalue weighted by atomic mass is 9.80. The van der Waals surface area contributed by atoms with Crippen LogP contribution in [0.4, 0.5) is 0 Å². The van der Waals surface area contributed by atoms with Crippen molar-refractivity contribution in [3.05, 3.63) is 35.4 Å². The highest BCUT2D eigenvalue weighted by molar-refractivity contribution is 5.97. The Morgan fingerprint density at radius 1 is 1.05 bits per heavy atom. The second-order valence-electron chi connectivity index (χ2n) is 6.09. The van der Waals surface area contributed by atoms with E-state index in [0.29, 0.717) is 5.78 Å². The molecule has 0 unspecified atom stereocenters. The molecular formula is C17H24ClNO. The maximum absolute atomic E-state index is 12.4. The van der Waals surface area contributed by atoms with E-state index in [2.05, 4.69) is 17.4 Å². The van der Waals surface area contributed by atoms with Crippen molar-refractivity contribution < 1.29 is 4.79 Å². The zero-order valence-electron chi connectivity index (χ0n) is 11.9. The van der Waals surface area contributed by atoms with Gasteiger partial charge in [-0.15, -0.1) is 12.4 Å². The van der Waals surface area contributed by atoms with Gasteiger partial charge in [-0.3, -0.25) is 4.79 Å². The molecule has 3 rings (SSSR count). The second kappa shape index (κ2) is 7.24. The lowest BCUT2D eigenvalue weighted by molar-refractivity contribution is 0.0895. The third kappa shape index (κ3) is 3.62. The highest BCUT2D eigenvalue weighted by atomic mass is 35.5. The summed E-state index contributed by atoms with van der Waals surface area (Å²) in [7, 11) is 0. The average Bonchev–Trinajstić information content (AvgIpc) is 2.44. The zero-order chi connectivity index (χ0) is 13.1. The van der Waals surface area contributed by atoms with Gasteiger partial charge in [-0.2, -0.15) is 0 Å². The smallest absolute Gasteiger partial charge is 0.166 e. The standard InChI is InChI=1S/C17H23NO.ClH/c19-17(16-8-10-18-11-9-16)15-6-4-14(5-7-15)12-13-2-1-3-13;/h4-7,13,16,18H,1-3,8-12H2;1H. The first kappa shape index (κ1) is 15.5. The molecule has 0 bridgehead atoms. The molecule has 1 saturated carbocycles. The van der Waals surface area contributed by atoms with E-state index >= 15 is 0 Å². The van der Waals surface area contributed by atoms with Crippen LogP contribution in [0.1, 0.15) is 48.0 Å². The summed E-state index contributed by atoms with van der Waals surface area (Å²) in [6.45, 7) is 1.96. The van der Waals surface area contributed by atoms with Crippen LogP contribution >= 0.6 is 12.4 Å². The molecule has 110 valence electrons. The van der Waals surface area contributed by atoms with Crippen molar-refractivity contribution in [2.75, 3.05) is 13.1 Å². The number of carbonyl (C=O) groups is 1. The van der Waals surface area contributed by atoms with Gasteiger partial charge < -0.3 is 5.32 Å². The molecular weight excluding hydrogens is 270 g/mol. The summed E-state index contributed by atoms with van der Waals surface area (Å²) in [5, 5.41) is 3.31. The number of nitrogens with one attached hydrogen (secondary N) is 1. The predicted molar refractivity (Wildman–Crippen MR) is 84.7 cm³/mol. The Hall–Kier alpha value is -0.860. The molecule has 1 aromatic carbocycles. The van der Waals surface area contributed by atoms with Crippen molar-refractivity contribution >= 4 is 18.2 Å². The summed E-state index contributed by atoms with van der Waals surface area (Å²) in [6, 6.07) is 8.40. The molecule has 1 N–H and O–H groups in total. The SMILES string of the molecule is Cl.O=C(c1ccc(CC2CCC2)cc1)C1CCNCC1. The predicted octanol–water partition coefficient (Wildman–Crippen LogP) is 3.63. The summed E-state index contributed by atoms with van der Waals surface area (Å²) in [5.74, 6) is 1.47. The normalized spacial score (nSPS) is 20.0. The van der Waals surface area contributed by atoms with E-state index < -0.39 is 0 Å². The van der Waals surface area contributed by atoms with Crippen molar-refractivity contribution in [2.24, 2.45) is 11.8 Å². The van der Waals surface area contributed by atoms with E-state index in [4.69, 9.17) is 0 Å². The number of carbonyl (C=O) groups excluding carboxylic acids is 1. The fourth-order valence-electron chi connectivity index (χ4n) is 3.16. The van der Waals surface area contributed by atoms with Crippen LogP contribution in [-0.2, 0) is 6.42 Å². The topological polar surface area (TPSA) is 29.1 Å². The minimum atomic E-state index is 0. The van der Waals surface area contributed by atoms with Gasteiger partial charge in [0.1, 0.15) is 0 Å². The Morgan fingerprint density at radius 3 is 2.25 bits per heavy atom. The highest BCUT2D eigenvalue weighted by Gasteiger charge is 2.22. The van der Waals surface area contributed by atoms with Gasteiger partial charge in [-0.1, -0.05) is 43.5 Å². The number of hydrogen-bond donors (Lipinski definition) is 1. The lowest BCUT2D eigenvalue weighted by Crippen LogP contribution is -2.31. The van der Waals surface area contributed by atoms with Gasteiger partial charge in [-0.05, 0) is 43.8 Å². The van der Waals surface area contributed by atoms with Crippen molar-refractivity contribution in [1.82, 2.24) is 5.32 Å². The van der Waals surface area contributed by atoms with Crippen LogP contribution in [0.15, 0.2) is 24.3 Å². The summed E-state index contributed by atoms with van der Waals surface area (Å²) in [4.78, 5) is 12.4. The summed E-state index contributed by atoms with van der Waals surface area (Å²) >= 11 is 0. The average molecular weight is 294 g/mol. The van der Waals surface area contributed by atoms with E-state index in [9.17, 15) is 4.79 Å². The van der Waals surface area contributed by atoms with Gasteiger partial charge >= 0.3 is 0 Å². The number of benzene rings is 1. The summed E-state index contributed by atoms with van der Waals surface area (Å²) in [5.41, 5.74) is 2.30. The van der Waals surface area contributed by atoms with Gasteiger partial charge in [0.25, 0.3) is 0 Å². The maximum atomic E-state index is 12.4. The molecule has 2 nitrogen and oxygen atoms in total. The first-order valence-electron chi connectivity index (χ1n) is 7.67. The monoisotopic (exact) mass is 293 g/mol. The van der Waals surface area contributed by atoms with E-state index in [1.807, 2.05) is 12.1 Å². The molecule has 0 aromatic heterocycles. The Labute approximate surface area is 127 Å². The van der Waals surface area contributed by atoms with Crippen molar-refractivity contribution in [2.45, 2.75) is 38.5 Å². The second-order valence-corrected chi connectivity index (χ2v) is 6.09. The molecule has 1 aliphatic heterocycles. The minimum Gasteiger partial charge on any atom is -0.317 e. The van der Waals surface area contributed by atoms with Crippen molar-refractivity contribution in [3.63, 3.8) is 0 Å². The van der Waals surface area contributed by atoms with Gasteiger partial charge in [0.15, 0.2) is 5.78 Å². The Balaban J connectivity index is 0.00000147. The van der Waals surface area contributed by atoms with E-state index in [-0.39, 0.29) is 18.3 Å². The van der Waals surface area contributed by atoms with Gasteiger partial charge in [-0.25, -0.2) is 0 Å². The van der Waals surface area contributed by atoms with E-state index in [1.54, 1.807) is 0 Å². The first-order chi connectivity index (χ1) is 9.33. The van der Waals surface area contributed by atoms with Crippen LogP contribution in [-0.4, -0.2) is 18.9 Å². The number of ketones is 1. The number of rotatable bonds is 4. The third-order valence-corrected chi connectivity index (χ3v) is 4.70. The zero-order valence-corrected chi connectivity index (χ0v) is 12.8. The van der Waals surface area contributed by atoms with E-state index in [1.165, 1.54) is 31.2 Å². The van der Waals surface area contributed by atoms with Crippen LogP contribution in [0.3, 0.4) is 0 Å². The van der Waals surface area contributed by atoms with Crippen LogP contribution in [0.5, 0.6) is 0 Å². The molecule has 2 aliphatic rings. The van der Waals surface area contributed by atoms with Crippen LogP contribution < -0.4 is 5.32 Å². The lowest BCUT2D eigenvalue weighted by Gasteiger charge is -2.25. The first-order valence-corrected chi connectivity index (χ1v) is 7.67. The molecule has 1 aromatic rings. The number of Topliss-reactive ketones (excluding diaryl/α,β-unsaturated/α-hetero) is 1. The molecule has 0 atom stereocenters. The molecule has 3 heteroatoms. The largest absolute Gasteiger partial charge is 0.317 e. The summed E-state index contributed by atoms with van der Waals surface area (Å²) in [6.07, 6.45) is 7.34. The minimum absolute atomic E-state index is 0. The molecule has 1 aliphatic carbocycles. The molecule has 20 heavy (non-hydrogen) atoms. The number of piperidine rings is 1. The molecule has 0 radical (unpaired) electrons. The third-order valence-electron chi connectivity index (χ3n) is 4.70. The van der Waals surface area contributed by atoms with Crippen molar-refractivity contribution in [3.8, 4) is 0 Å². The molecule has 1 saturated heterocycles. The van der Waals surface area contributed by atoms with Gasteiger partial charge in [0.2, 0.25) is 0 Å². The van der Waals surface area contributed by atoms with E-state index in [0.717, 1.165) is 37.4 Å². The fraction of sp³-hybridized carbons (Fsp3) is 0.588.